The number of phenols is 3. The zero-order chi connectivity index (χ0) is 9.84. The van der Waals surface area contributed by atoms with E-state index in [1.54, 1.807) is 0 Å². The largest absolute Gasteiger partial charge is 0.507 e. The van der Waals surface area contributed by atoms with Gasteiger partial charge in [0, 0.05) is 18.2 Å². The van der Waals surface area contributed by atoms with E-state index in [2.05, 4.69) is 10.3 Å². The summed E-state index contributed by atoms with van der Waals surface area (Å²) in [6.45, 7) is 0.246. The number of hydrogen-bond acceptors (Lipinski definition) is 5. The number of nitrogens with one attached hydrogen (secondary N) is 1. The maximum absolute atomic E-state index is 9.28. The van der Waals surface area contributed by atoms with Crippen molar-refractivity contribution in [3.63, 3.8) is 0 Å². The van der Waals surface area contributed by atoms with Gasteiger partial charge in [0.1, 0.15) is 5.75 Å². The Balaban J connectivity index is 0.00000169. The van der Waals surface area contributed by atoms with Gasteiger partial charge in [0.15, 0.2) is 11.5 Å². The lowest BCUT2D eigenvalue weighted by atomic mass is 10.2. The van der Waals surface area contributed by atoms with Gasteiger partial charge in [-0.25, -0.2) is 0 Å². The van der Waals surface area contributed by atoms with Crippen LogP contribution < -0.4 is 5.48 Å². The molecule has 0 fully saturated rings. The van der Waals surface area contributed by atoms with E-state index >= 15 is 0 Å². The molecule has 1 aromatic rings. The minimum atomic E-state index is -0.348. The molecule has 0 spiro atoms. The first-order valence-corrected chi connectivity index (χ1v) is 3.65. The summed E-state index contributed by atoms with van der Waals surface area (Å²) in [6, 6.07) is 2.33. The topological polar surface area (TPSA) is 82.0 Å². The van der Waals surface area contributed by atoms with Gasteiger partial charge in [-0.05, 0) is 6.07 Å². The van der Waals surface area contributed by atoms with E-state index in [-0.39, 0.29) is 36.2 Å². The smallest absolute Gasteiger partial charge is 0.161 e. The second kappa shape index (κ2) is 5.54. The Morgan fingerprint density at radius 1 is 1.14 bits per heavy atom. The first-order valence-electron chi connectivity index (χ1n) is 3.65. The minimum absolute atomic E-state index is 0. The number of phenolic OH excluding ortho intramolecular Hbond substituents is 3. The minimum Gasteiger partial charge on any atom is -0.507 e. The number of hydrogen-bond donors (Lipinski definition) is 4. The molecule has 5 nitrogen and oxygen atoms in total. The standard InChI is InChI=1S/C8H11NO4.ClH/c1-13-9-4-5-2-7(11)8(12)3-6(5)10;/h2-3,9-12H,4H2,1H3;1H. The lowest BCUT2D eigenvalue weighted by Crippen LogP contribution is -2.10. The number of halogens is 1. The van der Waals surface area contributed by atoms with E-state index in [0.717, 1.165) is 6.07 Å². The van der Waals surface area contributed by atoms with E-state index < -0.39 is 0 Å². The van der Waals surface area contributed by atoms with Crippen LogP contribution in [0, 0.1) is 0 Å². The van der Waals surface area contributed by atoms with Crippen LogP contribution in [0.4, 0.5) is 0 Å². The van der Waals surface area contributed by atoms with Gasteiger partial charge in [0.25, 0.3) is 0 Å². The molecule has 0 amide bonds. The first kappa shape index (κ1) is 12.8. The molecule has 0 heterocycles. The van der Waals surface area contributed by atoms with E-state index in [9.17, 15) is 5.11 Å². The fraction of sp³-hybridized carbons (Fsp3) is 0.250. The normalized spacial score (nSPS) is 9.50. The molecule has 0 atom stereocenters. The molecular formula is C8H12ClNO4. The van der Waals surface area contributed by atoms with Crippen molar-refractivity contribution >= 4 is 12.4 Å². The molecule has 6 heteroatoms. The van der Waals surface area contributed by atoms with Crippen molar-refractivity contribution in [2.24, 2.45) is 0 Å². The predicted octanol–water partition coefficient (Wildman–Crippen LogP) is 0.876. The Labute approximate surface area is 87.3 Å². The molecule has 14 heavy (non-hydrogen) atoms. The fourth-order valence-corrected chi connectivity index (χ4v) is 0.901. The highest BCUT2D eigenvalue weighted by Gasteiger charge is 2.06. The average molecular weight is 222 g/mol. The van der Waals surface area contributed by atoms with Crippen LogP contribution in [-0.2, 0) is 11.4 Å². The van der Waals surface area contributed by atoms with Crippen molar-refractivity contribution in [1.82, 2.24) is 5.48 Å². The lowest BCUT2D eigenvalue weighted by Gasteiger charge is -2.06. The van der Waals surface area contributed by atoms with Crippen molar-refractivity contribution in [3.8, 4) is 17.2 Å². The molecule has 0 unspecified atom stereocenters. The Hall–Kier alpha value is -1.17. The molecule has 0 radical (unpaired) electrons. The summed E-state index contributed by atoms with van der Waals surface area (Å²) in [7, 11) is 1.44. The number of aromatic hydroxyl groups is 3. The highest BCUT2D eigenvalue weighted by molar-refractivity contribution is 5.85. The first-order chi connectivity index (χ1) is 6.15. The van der Waals surface area contributed by atoms with E-state index in [1.807, 2.05) is 0 Å². The Morgan fingerprint density at radius 3 is 2.29 bits per heavy atom. The summed E-state index contributed by atoms with van der Waals surface area (Å²) in [6.07, 6.45) is 0. The molecule has 80 valence electrons. The van der Waals surface area contributed by atoms with Gasteiger partial charge in [-0.1, -0.05) is 0 Å². The molecule has 0 aliphatic carbocycles. The van der Waals surface area contributed by atoms with Crippen molar-refractivity contribution in [3.05, 3.63) is 17.7 Å². The lowest BCUT2D eigenvalue weighted by molar-refractivity contribution is 0.0861. The summed E-state index contributed by atoms with van der Waals surface area (Å²) in [4.78, 5) is 4.57. The highest BCUT2D eigenvalue weighted by atomic mass is 35.5. The van der Waals surface area contributed by atoms with Gasteiger partial charge in [0.2, 0.25) is 0 Å². The van der Waals surface area contributed by atoms with Gasteiger partial charge >= 0.3 is 0 Å². The number of benzene rings is 1. The van der Waals surface area contributed by atoms with Crippen LogP contribution in [-0.4, -0.2) is 22.4 Å². The molecule has 0 aliphatic rings. The monoisotopic (exact) mass is 221 g/mol. The zero-order valence-electron chi connectivity index (χ0n) is 7.52. The van der Waals surface area contributed by atoms with Crippen LogP contribution in [0.15, 0.2) is 12.1 Å². The third-order valence-corrected chi connectivity index (χ3v) is 1.58. The van der Waals surface area contributed by atoms with E-state index in [0.29, 0.717) is 5.56 Å². The van der Waals surface area contributed by atoms with Gasteiger partial charge in [-0.3, -0.25) is 0 Å². The average Bonchev–Trinajstić information content (AvgIpc) is 2.09. The Bertz CT molecular complexity index is 306. The summed E-state index contributed by atoms with van der Waals surface area (Å²) in [5.74, 6) is -0.718. The highest BCUT2D eigenvalue weighted by Crippen LogP contribution is 2.31. The molecule has 1 rings (SSSR count). The van der Waals surface area contributed by atoms with Gasteiger partial charge in [-0.15, -0.1) is 12.4 Å². The van der Waals surface area contributed by atoms with Crippen molar-refractivity contribution in [2.75, 3.05) is 7.11 Å². The fourth-order valence-electron chi connectivity index (χ4n) is 0.901. The second-order valence-electron chi connectivity index (χ2n) is 2.49. The number of rotatable bonds is 3. The molecule has 0 bridgehead atoms. The molecule has 0 aliphatic heterocycles. The van der Waals surface area contributed by atoms with Crippen molar-refractivity contribution < 1.29 is 20.2 Å². The van der Waals surface area contributed by atoms with Crippen LogP contribution >= 0.6 is 12.4 Å². The quantitative estimate of drug-likeness (QED) is 0.346. The zero-order valence-corrected chi connectivity index (χ0v) is 8.34. The van der Waals surface area contributed by atoms with Gasteiger partial charge in [-0.2, -0.15) is 5.48 Å². The molecule has 1 aromatic carbocycles. The Kier molecular flexibility index (Phi) is 5.07. The molecular weight excluding hydrogens is 210 g/mol. The number of hydroxylamine groups is 1. The molecule has 0 aromatic heterocycles. The van der Waals surface area contributed by atoms with E-state index in [4.69, 9.17) is 10.2 Å². The van der Waals surface area contributed by atoms with Crippen LogP contribution in [0.1, 0.15) is 5.56 Å². The SMILES string of the molecule is CONCc1cc(O)c(O)cc1O.Cl. The summed E-state index contributed by atoms with van der Waals surface area (Å²) >= 11 is 0. The van der Waals surface area contributed by atoms with Crippen LogP contribution in [0.5, 0.6) is 17.2 Å². The van der Waals surface area contributed by atoms with Crippen molar-refractivity contribution in [1.29, 1.82) is 0 Å². The summed E-state index contributed by atoms with van der Waals surface area (Å²) in [5, 5.41) is 27.4. The molecule has 4 N–H and O–H groups in total. The third-order valence-electron chi connectivity index (χ3n) is 1.58. The molecule has 0 saturated carbocycles. The van der Waals surface area contributed by atoms with Crippen LogP contribution in [0.2, 0.25) is 0 Å². The maximum Gasteiger partial charge on any atom is 0.161 e. The van der Waals surface area contributed by atoms with E-state index in [1.165, 1.54) is 13.2 Å². The predicted molar refractivity (Wildman–Crippen MR) is 52.5 cm³/mol. The maximum atomic E-state index is 9.28. The van der Waals surface area contributed by atoms with Gasteiger partial charge < -0.3 is 20.2 Å². The third kappa shape index (κ3) is 2.95. The molecule has 0 saturated heterocycles. The van der Waals surface area contributed by atoms with Crippen LogP contribution in [0.3, 0.4) is 0 Å². The van der Waals surface area contributed by atoms with Crippen LogP contribution in [0.25, 0.3) is 0 Å². The summed E-state index contributed by atoms with van der Waals surface area (Å²) in [5.41, 5.74) is 2.94. The Morgan fingerprint density at radius 2 is 1.71 bits per heavy atom. The van der Waals surface area contributed by atoms with Crippen molar-refractivity contribution in [2.45, 2.75) is 6.54 Å². The second-order valence-corrected chi connectivity index (χ2v) is 2.49. The summed E-state index contributed by atoms with van der Waals surface area (Å²) < 4.78 is 0. The van der Waals surface area contributed by atoms with Gasteiger partial charge in [0.05, 0.1) is 7.11 Å².